The summed E-state index contributed by atoms with van der Waals surface area (Å²) in [5.41, 5.74) is 4.11. The van der Waals surface area contributed by atoms with E-state index in [4.69, 9.17) is 11.6 Å². The lowest BCUT2D eigenvalue weighted by Crippen LogP contribution is -1.93. The predicted molar refractivity (Wildman–Crippen MR) is 75.8 cm³/mol. The van der Waals surface area contributed by atoms with Gasteiger partial charge >= 0.3 is 0 Å². The van der Waals surface area contributed by atoms with Crippen LogP contribution < -0.4 is 5.43 Å². The Labute approximate surface area is 114 Å². The number of nitro benzene ring substituents is 1. The van der Waals surface area contributed by atoms with Crippen molar-refractivity contribution in [3.63, 3.8) is 0 Å². The first kappa shape index (κ1) is 13.0. The summed E-state index contributed by atoms with van der Waals surface area (Å²) in [6, 6.07) is 13.4. The largest absolute Gasteiger partial charge is 0.277 e. The summed E-state index contributed by atoms with van der Waals surface area (Å²) < 4.78 is 0. The molecule has 0 heterocycles. The zero-order valence-electron chi connectivity index (χ0n) is 9.79. The predicted octanol–water partition coefficient (Wildman–Crippen LogP) is 3.69. The monoisotopic (exact) mass is 275 g/mol. The topological polar surface area (TPSA) is 67.5 Å². The molecule has 19 heavy (non-hydrogen) atoms. The second kappa shape index (κ2) is 5.97. The standard InChI is InChI=1S/C13H10ClN3O2/c14-12-6-1-2-7-13(12)16-15-9-10-4-3-5-11(8-10)17(18)19/h1-9,16H/b15-9-. The molecule has 0 bridgehead atoms. The van der Waals surface area contributed by atoms with Crippen LogP contribution in [0, 0.1) is 10.1 Å². The Bertz CT molecular complexity index is 629. The lowest BCUT2D eigenvalue weighted by atomic mass is 10.2. The summed E-state index contributed by atoms with van der Waals surface area (Å²) in [5.74, 6) is 0. The molecule has 0 saturated carbocycles. The van der Waals surface area contributed by atoms with E-state index in [2.05, 4.69) is 10.5 Å². The molecule has 0 radical (unpaired) electrons. The number of benzene rings is 2. The number of halogens is 1. The van der Waals surface area contributed by atoms with Crippen molar-refractivity contribution in [2.24, 2.45) is 5.10 Å². The Kier molecular flexibility index (Phi) is 4.10. The number of hydrogen-bond donors (Lipinski definition) is 1. The number of nitrogens with zero attached hydrogens (tertiary/aromatic N) is 2. The summed E-state index contributed by atoms with van der Waals surface area (Å²) in [6.45, 7) is 0. The van der Waals surface area contributed by atoms with E-state index in [0.29, 0.717) is 16.3 Å². The van der Waals surface area contributed by atoms with Gasteiger partial charge in [0.25, 0.3) is 5.69 Å². The second-order valence-corrected chi connectivity index (χ2v) is 4.11. The van der Waals surface area contributed by atoms with Gasteiger partial charge in [-0.1, -0.05) is 35.9 Å². The quantitative estimate of drug-likeness (QED) is 0.525. The fourth-order valence-corrected chi connectivity index (χ4v) is 1.62. The van der Waals surface area contributed by atoms with Crippen molar-refractivity contribution in [3.05, 3.63) is 69.2 Å². The van der Waals surface area contributed by atoms with Crippen LogP contribution in [0.3, 0.4) is 0 Å². The van der Waals surface area contributed by atoms with Gasteiger partial charge < -0.3 is 0 Å². The molecule has 2 aromatic carbocycles. The lowest BCUT2D eigenvalue weighted by molar-refractivity contribution is -0.384. The third kappa shape index (κ3) is 3.53. The van der Waals surface area contributed by atoms with E-state index in [1.807, 2.05) is 12.1 Å². The highest BCUT2D eigenvalue weighted by Gasteiger charge is 2.03. The SMILES string of the molecule is O=[N+]([O-])c1cccc(/C=N\Nc2ccccc2Cl)c1. The van der Waals surface area contributed by atoms with Gasteiger partial charge in [0.15, 0.2) is 0 Å². The lowest BCUT2D eigenvalue weighted by Gasteiger charge is -2.01. The Morgan fingerprint density at radius 1 is 1.21 bits per heavy atom. The molecule has 0 saturated heterocycles. The third-order valence-electron chi connectivity index (χ3n) is 2.35. The molecule has 0 spiro atoms. The zero-order valence-corrected chi connectivity index (χ0v) is 10.5. The van der Waals surface area contributed by atoms with Crippen LogP contribution >= 0.6 is 11.6 Å². The van der Waals surface area contributed by atoms with Crippen molar-refractivity contribution in [1.82, 2.24) is 0 Å². The van der Waals surface area contributed by atoms with Crippen LogP contribution in [0.1, 0.15) is 5.56 Å². The molecular formula is C13H10ClN3O2. The van der Waals surface area contributed by atoms with E-state index >= 15 is 0 Å². The first-order chi connectivity index (χ1) is 9.16. The summed E-state index contributed by atoms with van der Waals surface area (Å²) in [6.07, 6.45) is 1.50. The maximum absolute atomic E-state index is 10.6. The minimum atomic E-state index is -0.446. The Morgan fingerprint density at radius 3 is 2.74 bits per heavy atom. The molecule has 5 nitrogen and oxygen atoms in total. The molecule has 0 aromatic heterocycles. The minimum absolute atomic E-state index is 0.0293. The maximum Gasteiger partial charge on any atom is 0.270 e. The Morgan fingerprint density at radius 2 is 2.00 bits per heavy atom. The van der Waals surface area contributed by atoms with Crippen LogP contribution in [-0.4, -0.2) is 11.1 Å². The highest BCUT2D eigenvalue weighted by atomic mass is 35.5. The smallest absolute Gasteiger partial charge is 0.270 e. The van der Waals surface area contributed by atoms with Gasteiger partial charge in [-0.2, -0.15) is 5.10 Å². The van der Waals surface area contributed by atoms with E-state index in [1.165, 1.54) is 18.3 Å². The van der Waals surface area contributed by atoms with Gasteiger partial charge in [-0.05, 0) is 12.1 Å². The maximum atomic E-state index is 10.6. The number of nitro groups is 1. The van der Waals surface area contributed by atoms with Crippen molar-refractivity contribution in [2.45, 2.75) is 0 Å². The van der Waals surface area contributed by atoms with Crippen LogP contribution in [0.25, 0.3) is 0 Å². The normalized spacial score (nSPS) is 10.6. The zero-order chi connectivity index (χ0) is 13.7. The van der Waals surface area contributed by atoms with E-state index in [-0.39, 0.29) is 5.69 Å². The molecule has 0 aliphatic heterocycles. The number of rotatable bonds is 4. The van der Waals surface area contributed by atoms with Gasteiger partial charge in [-0.15, -0.1) is 0 Å². The van der Waals surface area contributed by atoms with E-state index < -0.39 is 4.92 Å². The van der Waals surface area contributed by atoms with Crippen LogP contribution in [0.5, 0.6) is 0 Å². The van der Waals surface area contributed by atoms with Crippen molar-refractivity contribution in [2.75, 3.05) is 5.43 Å². The van der Waals surface area contributed by atoms with Gasteiger partial charge in [0.05, 0.1) is 21.8 Å². The van der Waals surface area contributed by atoms with E-state index in [9.17, 15) is 10.1 Å². The van der Waals surface area contributed by atoms with Crippen LogP contribution in [0.15, 0.2) is 53.6 Å². The minimum Gasteiger partial charge on any atom is -0.277 e. The summed E-state index contributed by atoms with van der Waals surface area (Å²) in [5, 5.41) is 15.2. The van der Waals surface area contributed by atoms with Crippen LogP contribution in [0.4, 0.5) is 11.4 Å². The molecule has 96 valence electrons. The highest BCUT2D eigenvalue weighted by molar-refractivity contribution is 6.33. The molecule has 2 aromatic rings. The number of anilines is 1. The van der Waals surface area contributed by atoms with Gasteiger partial charge in [-0.25, -0.2) is 0 Å². The first-order valence-corrected chi connectivity index (χ1v) is 5.82. The molecule has 1 N–H and O–H groups in total. The van der Waals surface area contributed by atoms with Crippen LogP contribution in [0.2, 0.25) is 5.02 Å². The van der Waals surface area contributed by atoms with E-state index in [1.54, 1.807) is 24.3 Å². The average Bonchev–Trinajstić information content (AvgIpc) is 2.41. The van der Waals surface area contributed by atoms with Crippen molar-refractivity contribution in [1.29, 1.82) is 0 Å². The molecule has 0 aliphatic rings. The van der Waals surface area contributed by atoms with E-state index in [0.717, 1.165) is 0 Å². The summed E-state index contributed by atoms with van der Waals surface area (Å²) >= 11 is 5.95. The molecular weight excluding hydrogens is 266 g/mol. The fourth-order valence-electron chi connectivity index (χ4n) is 1.45. The number of nitrogens with one attached hydrogen (secondary N) is 1. The first-order valence-electron chi connectivity index (χ1n) is 5.45. The van der Waals surface area contributed by atoms with Gasteiger partial charge in [0.2, 0.25) is 0 Å². The van der Waals surface area contributed by atoms with Crippen LogP contribution in [-0.2, 0) is 0 Å². The molecule has 0 amide bonds. The van der Waals surface area contributed by atoms with Gasteiger partial charge in [0.1, 0.15) is 0 Å². The number of hydrazone groups is 1. The Hall–Kier alpha value is -2.40. The molecule has 0 unspecified atom stereocenters. The molecule has 6 heteroatoms. The van der Waals surface area contributed by atoms with Crippen molar-refractivity contribution >= 4 is 29.2 Å². The van der Waals surface area contributed by atoms with Crippen molar-refractivity contribution < 1.29 is 4.92 Å². The van der Waals surface area contributed by atoms with Gasteiger partial charge in [-0.3, -0.25) is 15.5 Å². The fraction of sp³-hybridized carbons (Fsp3) is 0. The molecule has 0 atom stereocenters. The third-order valence-corrected chi connectivity index (χ3v) is 2.68. The second-order valence-electron chi connectivity index (χ2n) is 3.70. The highest BCUT2D eigenvalue weighted by Crippen LogP contribution is 2.20. The number of hydrogen-bond acceptors (Lipinski definition) is 4. The Balaban J connectivity index is 2.09. The summed E-state index contributed by atoms with van der Waals surface area (Å²) in [7, 11) is 0. The molecule has 0 fully saturated rings. The average molecular weight is 276 g/mol. The number of non-ortho nitro benzene ring substituents is 1. The van der Waals surface area contributed by atoms with Crippen molar-refractivity contribution in [3.8, 4) is 0 Å². The molecule has 2 rings (SSSR count). The van der Waals surface area contributed by atoms with Gasteiger partial charge in [0, 0.05) is 17.7 Å². The molecule has 0 aliphatic carbocycles. The number of para-hydroxylation sites is 1. The summed E-state index contributed by atoms with van der Waals surface area (Å²) in [4.78, 5) is 10.2.